The maximum absolute atomic E-state index is 12.8. The van der Waals surface area contributed by atoms with E-state index in [1.165, 1.54) is 3.57 Å². The molecule has 0 spiro atoms. The first-order valence-electron chi connectivity index (χ1n) is 7.79. The first kappa shape index (κ1) is 16.9. The lowest BCUT2D eigenvalue weighted by molar-refractivity contribution is -0.151. The van der Waals surface area contributed by atoms with Crippen molar-refractivity contribution in [1.82, 2.24) is 0 Å². The van der Waals surface area contributed by atoms with Gasteiger partial charge in [0.05, 0.1) is 0 Å². The lowest BCUT2D eigenvalue weighted by atomic mass is 9.69. The first-order chi connectivity index (χ1) is 9.87. The summed E-state index contributed by atoms with van der Waals surface area (Å²) in [5, 5.41) is 0. The highest BCUT2D eigenvalue weighted by molar-refractivity contribution is 14.1. The van der Waals surface area contributed by atoms with Gasteiger partial charge in [0, 0.05) is 16.6 Å². The summed E-state index contributed by atoms with van der Waals surface area (Å²) in [6.45, 7) is 7.16. The van der Waals surface area contributed by atoms with Gasteiger partial charge >= 0.3 is 0 Å². The number of benzene rings is 1. The number of ketones is 1. The van der Waals surface area contributed by atoms with Crippen molar-refractivity contribution in [3.63, 3.8) is 0 Å². The van der Waals surface area contributed by atoms with E-state index in [9.17, 15) is 4.79 Å². The van der Waals surface area contributed by atoms with Crippen LogP contribution in [0.3, 0.4) is 0 Å². The van der Waals surface area contributed by atoms with Crippen molar-refractivity contribution < 1.29 is 9.53 Å². The Morgan fingerprint density at radius 1 is 1.14 bits per heavy atom. The third-order valence-corrected chi connectivity index (χ3v) is 5.34. The molecule has 0 saturated heterocycles. The second kappa shape index (κ2) is 6.78. The third-order valence-electron chi connectivity index (χ3n) is 4.62. The molecule has 0 radical (unpaired) electrons. The number of Topliss-reactive ketones (excluding diaryl/α,β-unsaturated/α-hetero) is 1. The van der Waals surface area contributed by atoms with Gasteiger partial charge in [0.1, 0.15) is 5.60 Å². The Kier molecular flexibility index (Phi) is 5.47. The average Bonchev–Trinajstić information content (AvgIpc) is 2.44. The van der Waals surface area contributed by atoms with Crippen LogP contribution in [0.1, 0.15) is 52.0 Å². The molecule has 116 valence electrons. The van der Waals surface area contributed by atoms with Crippen LogP contribution in [0.4, 0.5) is 0 Å². The Hall–Kier alpha value is -0.420. The fourth-order valence-corrected chi connectivity index (χ4v) is 3.42. The first-order valence-corrected chi connectivity index (χ1v) is 8.86. The molecule has 1 saturated carbocycles. The summed E-state index contributed by atoms with van der Waals surface area (Å²) in [5.74, 6) is 0.251. The van der Waals surface area contributed by atoms with Crippen LogP contribution >= 0.6 is 22.6 Å². The van der Waals surface area contributed by atoms with Gasteiger partial charge < -0.3 is 4.74 Å². The van der Waals surface area contributed by atoms with Gasteiger partial charge in [-0.2, -0.15) is 0 Å². The number of halogens is 1. The van der Waals surface area contributed by atoms with Gasteiger partial charge in [0.25, 0.3) is 0 Å². The van der Waals surface area contributed by atoms with Gasteiger partial charge in [0.2, 0.25) is 0 Å². The minimum Gasteiger partial charge on any atom is -0.367 e. The molecule has 1 aromatic rings. The summed E-state index contributed by atoms with van der Waals surface area (Å²) in [4.78, 5) is 12.8. The number of carbonyl (C=O) groups excluding carboxylic acids is 1. The standard InChI is InChI=1S/C18H25IO2/c1-4-21-18(11-9-17(2,3)10-12-18)16(20)13-14-5-7-15(19)8-6-14/h5-8H,4,9-13H2,1-3H3. The van der Waals surface area contributed by atoms with Crippen LogP contribution < -0.4 is 0 Å². The molecule has 0 N–H and O–H groups in total. The lowest BCUT2D eigenvalue weighted by Crippen LogP contribution is -2.47. The highest BCUT2D eigenvalue weighted by Crippen LogP contribution is 2.42. The molecule has 0 aliphatic heterocycles. The van der Waals surface area contributed by atoms with Gasteiger partial charge in [-0.25, -0.2) is 0 Å². The molecule has 0 amide bonds. The van der Waals surface area contributed by atoms with E-state index in [0.717, 1.165) is 31.2 Å². The predicted octanol–water partition coefficient (Wildman–Crippen LogP) is 4.78. The fourth-order valence-electron chi connectivity index (χ4n) is 3.06. The highest BCUT2D eigenvalue weighted by atomic mass is 127. The van der Waals surface area contributed by atoms with Crippen molar-refractivity contribution in [3.05, 3.63) is 33.4 Å². The molecule has 1 aliphatic rings. The minimum absolute atomic E-state index is 0.251. The predicted molar refractivity (Wildman–Crippen MR) is 94.5 cm³/mol. The van der Waals surface area contributed by atoms with Crippen molar-refractivity contribution >= 4 is 28.4 Å². The molecule has 0 atom stereocenters. The van der Waals surface area contributed by atoms with E-state index in [-0.39, 0.29) is 5.78 Å². The van der Waals surface area contributed by atoms with E-state index in [2.05, 4.69) is 48.6 Å². The van der Waals surface area contributed by atoms with Crippen LogP contribution in [-0.2, 0) is 16.0 Å². The van der Waals surface area contributed by atoms with Gasteiger partial charge in [-0.05, 0) is 78.3 Å². The molecule has 1 fully saturated rings. The summed E-state index contributed by atoms with van der Waals surface area (Å²) in [6, 6.07) is 8.21. The van der Waals surface area contributed by atoms with E-state index < -0.39 is 5.60 Å². The Balaban J connectivity index is 2.11. The molecular weight excluding hydrogens is 375 g/mol. The van der Waals surface area contributed by atoms with Crippen LogP contribution in [-0.4, -0.2) is 18.0 Å². The van der Waals surface area contributed by atoms with Crippen molar-refractivity contribution in [2.45, 2.75) is 58.5 Å². The zero-order valence-corrected chi connectivity index (χ0v) is 15.4. The zero-order valence-electron chi connectivity index (χ0n) is 13.2. The van der Waals surface area contributed by atoms with Crippen molar-refractivity contribution in [3.8, 4) is 0 Å². The van der Waals surface area contributed by atoms with Crippen molar-refractivity contribution in [2.75, 3.05) is 6.61 Å². The monoisotopic (exact) mass is 400 g/mol. The van der Waals surface area contributed by atoms with E-state index in [0.29, 0.717) is 18.4 Å². The molecular formula is C18H25IO2. The number of hydrogen-bond acceptors (Lipinski definition) is 2. The molecule has 21 heavy (non-hydrogen) atoms. The van der Waals surface area contributed by atoms with E-state index in [4.69, 9.17) is 4.74 Å². The van der Waals surface area contributed by atoms with E-state index in [1.807, 2.05) is 19.1 Å². The van der Waals surface area contributed by atoms with Crippen molar-refractivity contribution in [1.29, 1.82) is 0 Å². The van der Waals surface area contributed by atoms with Crippen LogP contribution in [0.2, 0.25) is 0 Å². The summed E-state index contributed by atoms with van der Waals surface area (Å²) in [6.07, 6.45) is 4.32. The van der Waals surface area contributed by atoms with Gasteiger partial charge in [-0.1, -0.05) is 26.0 Å². The molecule has 2 nitrogen and oxygen atoms in total. The fraction of sp³-hybridized carbons (Fsp3) is 0.611. The molecule has 0 unspecified atom stereocenters. The summed E-state index contributed by atoms with van der Waals surface area (Å²) in [5.41, 5.74) is 0.876. The smallest absolute Gasteiger partial charge is 0.168 e. The van der Waals surface area contributed by atoms with Crippen LogP contribution in [0.15, 0.2) is 24.3 Å². The molecule has 0 bridgehead atoms. The number of carbonyl (C=O) groups is 1. The molecule has 0 aromatic heterocycles. The summed E-state index contributed by atoms with van der Waals surface area (Å²) < 4.78 is 7.17. The van der Waals surface area contributed by atoms with Crippen LogP contribution in [0, 0.1) is 8.99 Å². The summed E-state index contributed by atoms with van der Waals surface area (Å²) in [7, 11) is 0. The third kappa shape index (κ3) is 4.28. The normalized spacial score (nSPS) is 20.2. The van der Waals surface area contributed by atoms with E-state index >= 15 is 0 Å². The molecule has 3 heteroatoms. The zero-order chi connectivity index (χ0) is 15.5. The van der Waals surface area contributed by atoms with E-state index in [1.54, 1.807) is 0 Å². The quantitative estimate of drug-likeness (QED) is 0.666. The topological polar surface area (TPSA) is 26.3 Å². The Morgan fingerprint density at radius 3 is 2.24 bits per heavy atom. The second-order valence-corrected chi connectivity index (χ2v) is 8.06. The Morgan fingerprint density at radius 2 is 1.71 bits per heavy atom. The molecule has 1 aliphatic carbocycles. The van der Waals surface area contributed by atoms with Crippen LogP contribution in [0.5, 0.6) is 0 Å². The average molecular weight is 400 g/mol. The van der Waals surface area contributed by atoms with Gasteiger partial charge in [0.15, 0.2) is 5.78 Å². The van der Waals surface area contributed by atoms with Crippen molar-refractivity contribution in [2.24, 2.45) is 5.41 Å². The molecule has 1 aromatic carbocycles. The maximum atomic E-state index is 12.8. The largest absolute Gasteiger partial charge is 0.367 e. The SMILES string of the molecule is CCOC1(C(=O)Cc2ccc(I)cc2)CCC(C)(C)CC1. The minimum atomic E-state index is -0.548. The Bertz CT molecular complexity index is 480. The maximum Gasteiger partial charge on any atom is 0.168 e. The number of hydrogen-bond donors (Lipinski definition) is 0. The molecule has 2 rings (SSSR count). The number of ether oxygens (including phenoxy) is 1. The second-order valence-electron chi connectivity index (χ2n) is 6.82. The lowest BCUT2D eigenvalue weighted by Gasteiger charge is -2.42. The Labute approximate surface area is 141 Å². The van der Waals surface area contributed by atoms with Gasteiger partial charge in [-0.15, -0.1) is 0 Å². The number of rotatable bonds is 5. The van der Waals surface area contributed by atoms with Crippen LogP contribution in [0.25, 0.3) is 0 Å². The van der Waals surface area contributed by atoms with Gasteiger partial charge in [-0.3, -0.25) is 4.79 Å². The summed E-state index contributed by atoms with van der Waals surface area (Å²) >= 11 is 2.28. The highest BCUT2D eigenvalue weighted by Gasteiger charge is 2.44. The molecule has 0 heterocycles.